The first kappa shape index (κ1) is 17.5. The molecule has 0 aromatic heterocycles. The molecule has 2 aromatic rings. The van der Waals surface area contributed by atoms with Crippen molar-refractivity contribution in [1.82, 2.24) is 4.72 Å². The number of nitrogens with one attached hydrogen (secondary N) is 1. The van der Waals surface area contributed by atoms with Gasteiger partial charge in [-0.25, -0.2) is 13.1 Å². The highest BCUT2D eigenvalue weighted by Crippen LogP contribution is 2.25. The molecule has 23 heavy (non-hydrogen) atoms. The lowest BCUT2D eigenvalue weighted by Crippen LogP contribution is -2.26. The lowest BCUT2D eigenvalue weighted by Gasteiger charge is -2.13. The quantitative estimate of drug-likeness (QED) is 0.792. The van der Waals surface area contributed by atoms with Crippen LogP contribution in [0, 0.1) is 13.8 Å². The Morgan fingerprint density at radius 1 is 1.04 bits per heavy atom. The van der Waals surface area contributed by atoms with Gasteiger partial charge in [-0.1, -0.05) is 30.3 Å². The van der Waals surface area contributed by atoms with E-state index in [9.17, 15) is 8.42 Å². The van der Waals surface area contributed by atoms with Crippen LogP contribution in [0.1, 0.15) is 23.1 Å². The normalized spacial score (nSPS) is 11.4. The molecule has 0 fully saturated rings. The van der Waals surface area contributed by atoms with Crippen molar-refractivity contribution in [1.29, 1.82) is 0 Å². The zero-order valence-corrected chi connectivity index (χ0v) is 14.6. The second-order valence-electron chi connectivity index (χ2n) is 5.57. The Balaban J connectivity index is 2.00. The molecule has 124 valence electrons. The van der Waals surface area contributed by atoms with E-state index in [2.05, 4.69) is 4.72 Å². The van der Waals surface area contributed by atoms with Gasteiger partial charge >= 0.3 is 0 Å². The van der Waals surface area contributed by atoms with E-state index >= 15 is 0 Å². The second kappa shape index (κ2) is 7.62. The van der Waals surface area contributed by atoms with E-state index in [1.807, 2.05) is 37.3 Å². The van der Waals surface area contributed by atoms with E-state index in [0.29, 0.717) is 22.8 Å². The van der Waals surface area contributed by atoms with Crippen LogP contribution in [-0.4, -0.2) is 22.1 Å². The van der Waals surface area contributed by atoms with Gasteiger partial charge in [0.1, 0.15) is 5.75 Å². The van der Waals surface area contributed by atoms with Crippen LogP contribution in [0.15, 0.2) is 47.4 Å². The Morgan fingerprint density at radius 3 is 2.39 bits per heavy atom. The van der Waals surface area contributed by atoms with Gasteiger partial charge in [-0.3, -0.25) is 0 Å². The molecule has 2 rings (SSSR count). The summed E-state index contributed by atoms with van der Waals surface area (Å²) in [6, 6.07) is 13.5. The zero-order chi connectivity index (χ0) is 16.9. The highest BCUT2D eigenvalue weighted by Gasteiger charge is 2.18. The van der Waals surface area contributed by atoms with Crippen molar-refractivity contribution < 1.29 is 13.2 Å². The average molecular weight is 333 g/mol. The third kappa shape index (κ3) is 4.56. The number of ether oxygens (including phenoxy) is 1. The van der Waals surface area contributed by atoms with Crippen LogP contribution in [0.2, 0.25) is 0 Å². The molecular formula is C18H23NO3S. The van der Waals surface area contributed by atoms with Gasteiger partial charge in [0.05, 0.1) is 12.0 Å². The molecule has 0 aliphatic rings. The van der Waals surface area contributed by atoms with Gasteiger partial charge in [-0.15, -0.1) is 0 Å². The van der Waals surface area contributed by atoms with E-state index in [1.54, 1.807) is 26.2 Å². The molecule has 0 aliphatic heterocycles. The molecule has 2 aromatic carbocycles. The SMILES string of the molecule is COc1cc(C)c(S(=O)(=O)NCCCc2ccccc2)cc1C. The number of aryl methyl sites for hydroxylation is 3. The summed E-state index contributed by atoms with van der Waals surface area (Å²) in [6.45, 7) is 4.04. The van der Waals surface area contributed by atoms with Crippen LogP contribution in [0.25, 0.3) is 0 Å². The van der Waals surface area contributed by atoms with Crippen molar-refractivity contribution in [3.8, 4) is 5.75 Å². The molecule has 0 unspecified atom stereocenters. The van der Waals surface area contributed by atoms with Gasteiger partial charge in [-0.2, -0.15) is 0 Å². The number of rotatable bonds is 7. The largest absolute Gasteiger partial charge is 0.496 e. The summed E-state index contributed by atoms with van der Waals surface area (Å²) in [7, 11) is -1.92. The topological polar surface area (TPSA) is 55.4 Å². The summed E-state index contributed by atoms with van der Waals surface area (Å²) in [5.41, 5.74) is 2.70. The Morgan fingerprint density at radius 2 is 1.74 bits per heavy atom. The smallest absolute Gasteiger partial charge is 0.240 e. The third-order valence-corrected chi connectivity index (χ3v) is 5.36. The minimum atomic E-state index is -3.50. The predicted molar refractivity (Wildman–Crippen MR) is 92.4 cm³/mol. The highest BCUT2D eigenvalue weighted by molar-refractivity contribution is 7.89. The van der Waals surface area contributed by atoms with Crippen LogP contribution in [0.3, 0.4) is 0 Å². The summed E-state index contributed by atoms with van der Waals surface area (Å²) < 4.78 is 32.8. The van der Waals surface area contributed by atoms with Gasteiger partial charge in [0, 0.05) is 6.54 Å². The van der Waals surface area contributed by atoms with E-state index in [4.69, 9.17) is 4.74 Å². The van der Waals surface area contributed by atoms with Gasteiger partial charge in [0.15, 0.2) is 0 Å². The minimum absolute atomic E-state index is 0.315. The fourth-order valence-electron chi connectivity index (χ4n) is 2.49. The maximum absolute atomic E-state index is 12.5. The Labute approximate surface area is 138 Å². The highest BCUT2D eigenvalue weighted by atomic mass is 32.2. The van der Waals surface area contributed by atoms with Gasteiger partial charge in [0.25, 0.3) is 0 Å². The Kier molecular flexibility index (Phi) is 5.80. The van der Waals surface area contributed by atoms with Crippen molar-refractivity contribution in [3.63, 3.8) is 0 Å². The van der Waals surface area contributed by atoms with Crippen LogP contribution in [0.4, 0.5) is 0 Å². The van der Waals surface area contributed by atoms with Crippen molar-refractivity contribution in [2.75, 3.05) is 13.7 Å². The lowest BCUT2D eigenvalue weighted by molar-refractivity contribution is 0.411. The lowest BCUT2D eigenvalue weighted by atomic mass is 10.1. The molecule has 0 saturated carbocycles. The number of hydrogen-bond donors (Lipinski definition) is 1. The molecule has 0 amide bonds. The Bertz CT molecular complexity index is 755. The van der Waals surface area contributed by atoms with E-state index in [-0.39, 0.29) is 0 Å². The summed E-state index contributed by atoms with van der Waals surface area (Å²) >= 11 is 0. The predicted octanol–water partition coefficient (Wildman–Crippen LogP) is 3.22. The number of benzene rings is 2. The fraction of sp³-hybridized carbons (Fsp3) is 0.333. The second-order valence-corrected chi connectivity index (χ2v) is 7.31. The summed E-state index contributed by atoms with van der Waals surface area (Å²) in [5, 5.41) is 0. The van der Waals surface area contributed by atoms with Crippen molar-refractivity contribution in [2.45, 2.75) is 31.6 Å². The zero-order valence-electron chi connectivity index (χ0n) is 13.8. The van der Waals surface area contributed by atoms with Crippen molar-refractivity contribution in [3.05, 3.63) is 59.2 Å². The average Bonchev–Trinajstić information content (AvgIpc) is 2.54. The molecule has 5 heteroatoms. The standard InChI is InChI=1S/C18H23NO3S/c1-14-13-18(15(2)12-17(14)22-3)23(20,21)19-11-7-10-16-8-5-4-6-9-16/h4-6,8-9,12-13,19H,7,10-11H2,1-3H3. The van der Waals surface area contributed by atoms with Crippen LogP contribution < -0.4 is 9.46 Å². The number of sulfonamides is 1. The molecular weight excluding hydrogens is 310 g/mol. The maximum Gasteiger partial charge on any atom is 0.240 e. The van der Waals surface area contributed by atoms with Crippen molar-refractivity contribution in [2.24, 2.45) is 0 Å². The summed E-state index contributed by atoms with van der Waals surface area (Å²) in [4.78, 5) is 0.315. The van der Waals surface area contributed by atoms with Crippen molar-refractivity contribution >= 4 is 10.0 Å². The van der Waals surface area contributed by atoms with E-state index in [1.165, 1.54) is 5.56 Å². The molecule has 0 bridgehead atoms. The van der Waals surface area contributed by atoms with Crippen LogP contribution in [-0.2, 0) is 16.4 Å². The van der Waals surface area contributed by atoms with Gasteiger partial charge in [0.2, 0.25) is 10.0 Å². The maximum atomic E-state index is 12.5. The molecule has 0 radical (unpaired) electrons. The molecule has 4 nitrogen and oxygen atoms in total. The molecule has 0 spiro atoms. The summed E-state index contributed by atoms with van der Waals surface area (Å²) in [6.07, 6.45) is 1.61. The first-order valence-corrected chi connectivity index (χ1v) is 9.11. The van der Waals surface area contributed by atoms with Crippen LogP contribution in [0.5, 0.6) is 5.75 Å². The molecule has 0 heterocycles. The van der Waals surface area contributed by atoms with Crippen LogP contribution >= 0.6 is 0 Å². The minimum Gasteiger partial charge on any atom is -0.496 e. The van der Waals surface area contributed by atoms with E-state index in [0.717, 1.165) is 18.4 Å². The monoisotopic (exact) mass is 333 g/mol. The molecule has 0 saturated heterocycles. The fourth-order valence-corrected chi connectivity index (χ4v) is 3.88. The van der Waals surface area contributed by atoms with Gasteiger partial charge < -0.3 is 4.74 Å². The summed E-state index contributed by atoms with van der Waals surface area (Å²) in [5.74, 6) is 0.700. The number of methoxy groups -OCH3 is 1. The molecule has 0 aliphatic carbocycles. The molecule has 0 atom stereocenters. The number of hydrogen-bond acceptors (Lipinski definition) is 3. The first-order chi connectivity index (χ1) is 10.9. The third-order valence-electron chi connectivity index (χ3n) is 3.76. The Hall–Kier alpha value is -1.85. The molecule has 1 N–H and O–H groups in total. The van der Waals surface area contributed by atoms with Gasteiger partial charge in [-0.05, 0) is 55.5 Å². The van der Waals surface area contributed by atoms with E-state index < -0.39 is 10.0 Å². The first-order valence-electron chi connectivity index (χ1n) is 7.63.